The second-order valence-corrected chi connectivity index (χ2v) is 4.00. The molecule has 0 spiro atoms. The van der Waals surface area contributed by atoms with E-state index < -0.39 is 0 Å². The Labute approximate surface area is 67.1 Å². The maximum Gasteiger partial charge on any atom is 0.246 e. The fourth-order valence-electron chi connectivity index (χ4n) is 1.01. The Morgan fingerprint density at radius 1 is 1.55 bits per heavy atom. The van der Waals surface area contributed by atoms with Gasteiger partial charge in [-0.3, -0.25) is 4.79 Å². The van der Waals surface area contributed by atoms with E-state index in [9.17, 15) is 4.79 Å². The molecular formula is C8H15NO2. The zero-order valence-corrected chi connectivity index (χ0v) is 7.31. The van der Waals surface area contributed by atoms with Crippen molar-refractivity contribution < 1.29 is 9.53 Å². The average Bonchev–Trinajstić information content (AvgIpc) is 1.86. The number of amides is 1. The van der Waals surface area contributed by atoms with Crippen LogP contribution in [-0.4, -0.2) is 25.2 Å². The first-order chi connectivity index (χ1) is 5.00. The van der Waals surface area contributed by atoms with Gasteiger partial charge in [-0.1, -0.05) is 20.8 Å². The zero-order valence-electron chi connectivity index (χ0n) is 7.31. The molecule has 64 valence electrons. The summed E-state index contributed by atoms with van der Waals surface area (Å²) in [4.78, 5) is 10.9. The van der Waals surface area contributed by atoms with Crippen LogP contribution in [0.15, 0.2) is 0 Å². The molecule has 0 aromatic rings. The van der Waals surface area contributed by atoms with E-state index in [4.69, 9.17) is 4.74 Å². The SMILES string of the molecule is CC(C)(C)C1COCC(=O)N1. The Kier molecular flexibility index (Phi) is 2.18. The second kappa shape index (κ2) is 2.81. The van der Waals surface area contributed by atoms with Crippen molar-refractivity contribution in [2.24, 2.45) is 5.41 Å². The van der Waals surface area contributed by atoms with Crippen molar-refractivity contribution in [3.8, 4) is 0 Å². The molecule has 0 bridgehead atoms. The van der Waals surface area contributed by atoms with Gasteiger partial charge in [-0.05, 0) is 5.41 Å². The van der Waals surface area contributed by atoms with E-state index in [1.54, 1.807) is 0 Å². The largest absolute Gasteiger partial charge is 0.369 e. The van der Waals surface area contributed by atoms with Crippen LogP contribution in [0.4, 0.5) is 0 Å². The van der Waals surface area contributed by atoms with E-state index in [0.717, 1.165) is 0 Å². The lowest BCUT2D eigenvalue weighted by atomic mass is 9.87. The third-order valence-corrected chi connectivity index (χ3v) is 1.90. The molecule has 0 saturated carbocycles. The van der Waals surface area contributed by atoms with E-state index in [2.05, 4.69) is 26.1 Å². The number of morpholine rings is 1. The summed E-state index contributed by atoms with van der Waals surface area (Å²) in [7, 11) is 0. The lowest BCUT2D eigenvalue weighted by Crippen LogP contribution is -2.52. The normalized spacial score (nSPS) is 26.5. The number of hydrogen-bond donors (Lipinski definition) is 1. The van der Waals surface area contributed by atoms with Gasteiger partial charge < -0.3 is 10.1 Å². The summed E-state index contributed by atoms with van der Waals surface area (Å²) in [6.45, 7) is 7.12. The van der Waals surface area contributed by atoms with Gasteiger partial charge in [0, 0.05) is 0 Å². The van der Waals surface area contributed by atoms with Gasteiger partial charge in [-0.2, -0.15) is 0 Å². The van der Waals surface area contributed by atoms with Crippen molar-refractivity contribution >= 4 is 5.91 Å². The Balaban J connectivity index is 2.53. The molecule has 0 radical (unpaired) electrons. The monoisotopic (exact) mass is 157 g/mol. The Bertz CT molecular complexity index is 160. The predicted molar refractivity (Wildman–Crippen MR) is 42.2 cm³/mol. The van der Waals surface area contributed by atoms with Crippen LogP contribution in [0.2, 0.25) is 0 Å². The summed E-state index contributed by atoms with van der Waals surface area (Å²) >= 11 is 0. The molecule has 1 rings (SSSR count). The molecule has 3 heteroatoms. The highest BCUT2D eigenvalue weighted by Gasteiger charge is 2.29. The molecule has 1 atom stereocenters. The molecule has 1 aliphatic rings. The van der Waals surface area contributed by atoms with Crippen LogP contribution >= 0.6 is 0 Å². The predicted octanol–water partition coefficient (Wildman–Crippen LogP) is 0.547. The molecule has 0 aromatic carbocycles. The molecule has 1 amide bonds. The molecule has 1 fully saturated rings. The smallest absolute Gasteiger partial charge is 0.246 e. The third-order valence-electron chi connectivity index (χ3n) is 1.90. The van der Waals surface area contributed by atoms with Crippen LogP contribution in [0.1, 0.15) is 20.8 Å². The number of hydrogen-bond acceptors (Lipinski definition) is 2. The number of carbonyl (C=O) groups excluding carboxylic acids is 1. The van der Waals surface area contributed by atoms with E-state index in [0.29, 0.717) is 6.61 Å². The van der Waals surface area contributed by atoms with Crippen molar-refractivity contribution in [3.63, 3.8) is 0 Å². The van der Waals surface area contributed by atoms with Crippen molar-refractivity contribution in [2.45, 2.75) is 26.8 Å². The van der Waals surface area contributed by atoms with Crippen molar-refractivity contribution in [1.29, 1.82) is 0 Å². The van der Waals surface area contributed by atoms with E-state index in [1.165, 1.54) is 0 Å². The number of ether oxygens (including phenoxy) is 1. The zero-order chi connectivity index (χ0) is 8.48. The highest BCUT2D eigenvalue weighted by atomic mass is 16.5. The fourth-order valence-corrected chi connectivity index (χ4v) is 1.01. The van der Waals surface area contributed by atoms with Crippen LogP contribution in [0.5, 0.6) is 0 Å². The first kappa shape index (κ1) is 8.53. The quantitative estimate of drug-likeness (QED) is 0.557. The highest BCUT2D eigenvalue weighted by Crippen LogP contribution is 2.20. The molecule has 3 nitrogen and oxygen atoms in total. The van der Waals surface area contributed by atoms with Gasteiger partial charge in [-0.15, -0.1) is 0 Å². The Morgan fingerprint density at radius 2 is 2.18 bits per heavy atom. The van der Waals surface area contributed by atoms with Gasteiger partial charge in [0.1, 0.15) is 6.61 Å². The highest BCUT2D eigenvalue weighted by molar-refractivity contribution is 5.78. The van der Waals surface area contributed by atoms with E-state index in [1.807, 2.05) is 0 Å². The standard InChI is InChI=1S/C8H15NO2/c1-8(2,3)6-4-11-5-7(10)9-6/h6H,4-5H2,1-3H3,(H,9,10). The van der Waals surface area contributed by atoms with Crippen molar-refractivity contribution in [2.75, 3.05) is 13.2 Å². The number of nitrogens with one attached hydrogen (secondary N) is 1. The molecule has 0 aliphatic carbocycles. The maximum atomic E-state index is 10.9. The summed E-state index contributed by atoms with van der Waals surface area (Å²) in [5.74, 6) is -0.00354. The van der Waals surface area contributed by atoms with Crippen LogP contribution in [-0.2, 0) is 9.53 Å². The van der Waals surface area contributed by atoms with Gasteiger partial charge in [0.2, 0.25) is 5.91 Å². The van der Waals surface area contributed by atoms with Crippen LogP contribution in [0.3, 0.4) is 0 Å². The summed E-state index contributed by atoms with van der Waals surface area (Å²) in [6, 6.07) is 0.156. The fraction of sp³-hybridized carbons (Fsp3) is 0.875. The van der Waals surface area contributed by atoms with Gasteiger partial charge in [0.15, 0.2) is 0 Å². The summed E-state index contributed by atoms with van der Waals surface area (Å²) < 4.78 is 5.11. The third kappa shape index (κ3) is 2.19. The Hall–Kier alpha value is -0.570. The Morgan fingerprint density at radius 3 is 2.55 bits per heavy atom. The van der Waals surface area contributed by atoms with Crippen molar-refractivity contribution in [1.82, 2.24) is 5.32 Å². The van der Waals surface area contributed by atoms with Gasteiger partial charge >= 0.3 is 0 Å². The molecule has 1 N–H and O–H groups in total. The lowest BCUT2D eigenvalue weighted by molar-refractivity contribution is -0.133. The van der Waals surface area contributed by atoms with E-state index >= 15 is 0 Å². The lowest BCUT2D eigenvalue weighted by Gasteiger charge is -2.34. The molecular weight excluding hydrogens is 142 g/mol. The molecule has 11 heavy (non-hydrogen) atoms. The van der Waals surface area contributed by atoms with Crippen molar-refractivity contribution in [3.05, 3.63) is 0 Å². The summed E-state index contributed by atoms with van der Waals surface area (Å²) in [5, 5.41) is 2.89. The first-order valence-corrected chi connectivity index (χ1v) is 3.87. The topological polar surface area (TPSA) is 38.3 Å². The average molecular weight is 157 g/mol. The molecule has 1 unspecified atom stereocenters. The number of carbonyl (C=O) groups is 1. The molecule has 0 aromatic heterocycles. The van der Waals surface area contributed by atoms with Crippen LogP contribution in [0, 0.1) is 5.41 Å². The molecule has 1 saturated heterocycles. The summed E-state index contributed by atoms with van der Waals surface area (Å²) in [5.41, 5.74) is 0.0933. The van der Waals surface area contributed by atoms with Gasteiger partial charge in [0.05, 0.1) is 12.6 Å². The minimum Gasteiger partial charge on any atom is -0.369 e. The van der Waals surface area contributed by atoms with Gasteiger partial charge in [0.25, 0.3) is 0 Å². The first-order valence-electron chi connectivity index (χ1n) is 3.87. The van der Waals surface area contributed by atoms with Crippen LogP contribution < -0.4 is 5.32 Å². The maximum absolute atomic E-state index is 10.9. The van der Waals surface area contributed by atoms with Crippen LogP contribution in [0.25, 0.3) is 0 Å². The minimum atomic E-state index is -0.00354. The molecule has 1 aliphatic heterocycles. The second-order valence-electron chi connectivity index (χ2n) is 4.00. The van der Waals surface area contributed by atoms with Gasteiger partial charge in [-0.25, -0.2) is 0 Å². The molecule has 1 heterocycles. The number of rotatable bonds is 0. The minimum absolute atomic E-state index is 0.00354. The van der Waals surface area contributed by atoms with E-state index in [-0.39, 0.29) is 24.0 Å². The summed E-state index contributed by atoms with van der Waals surface area (Å²) in [6.07, 6.45) is 0.